The van der Waals surface area contributed by atoms with Crippen LogP contribution in [0.2, 0.25) is 0 Å². The van der Waals surface area contributed by atoms with Crippen molar-refractivity contribution in [2.75, 3.05) is 0 Å². The number of nitrogens with zero attached hydrogens (tertiary/aromatic N) is 4. The van der Waals surface area contributed by atoms with Crippen LogP contribution in [0.5, 0.6) is 5.75 Å². The van der Waals surface area contributed by atoms with Gasteiger partial charge in [0.25, 0.3) is 0 Å². The molecule has 0 unspecified atom stereocenters. The van der Waals surface area contributed by atoms with Gasteiger partial charge in [-0.2, -0.15) is 0 Å². The lowest BCUT2D eigenvalue weighted by atomic mass is 10.2. The molecule has 1 heterocycles. The lowest BCUT2D eigenvalue weighted by Gasteiger charge is -1.99. The standard InChI is InChI=1S/C9H7IN4O/c1-6-11-13-9(14-12-6)7-2-4-8(15-10)5-3-7/h2-5H,1H3. The van der Waals surface area contributed by atoms with E-state index in [-0.39, 0.29) is 0 Å². The second kappa shape index (κ2) is 4.47. The molecular weight excluding hydrogens is 307 g/mol. The summed E-state index contributed by atoms with van der Waals surface area (Å²) < 4.78 is 5.02. The van der Waals surface area contributed by atoms with E-state index in [1.165, 1.54) is 0 Å². The Kier molecular flexibility index (Phi) is 3.05. The average Bonchev–Trinajstić information content (AvgIpc) is 2.30. The van der Waals surface area contributed by atoms with Crippen molar-refractivity contribution < 1.29 is 3.07 Å². The molecule has 0 N–H and O–H groups in total. The molecule has 0 fully saturated rings. The van der Waals surface area contributed by atoms with E-state index < -0.39 is 0 Å². The molecule has 0 radical (unpaired) electrons. The number of rotatable bonds is 2. The van der Waals surface area contributed by atoms with Crippen molar-refractivity contribution in [3.8, 4) is 17.1 Å². The zero-order chi connectivity index (χ0) is 10.7. The minimum Gasteiger partial charge on any atom is -0.428 e. The van der Waals surface area contributed by atoms with Crippen LogP contribution in [0.3, 0.4) is 0 Å². The molecule has 0 aliphatic rings. The van der Waals surface area contributed by atoms with Gasteiger partial charge in [0.15, 0.2) is 28.8 Å². The van der Waals surface area contributed by atoms with Crippen LogP contribution in [0.15, 0.2) is 24.3 Å². The van der Waals surface area contributed by atoms with Crippen molar-refractivity contribution in [2.45, 2.75) is 6.92 Å². The maximum Gasteiger partial charge on any atom is 0.203 e. The quantitative estimate of drug-likeness (QED) is 0.793. The molecule has 0 atom stereocenters. The van der Waals surface area contributed by atoms with Crippen LogP contribution in [-0.4, -0.2) is 20.4 Å². The number of aromatic nitrogens is 4. The highest BCUT2D eigenvalue weighted by atomic mass is 127. The normalized spacial score (nSPS) is 10.0. The van der Waals surface area contributed by atoms with Crippen molar-refractivity contribution in [1.82, 2.24) is 20.4 Å². The van der Waals surface area contributed by atoms with Crippen LogP contribution in [0.4, 0.5) is 0 Å². The fourth-order valence-electron chi connectivity index (χ4n) is 1.05. The van der Waals surface area contributed by atoms with Crippen molar-refractivity contribution >= 4 is 23.0 Å². The molecular formula is C9H7IN4O. The van der Waals surface area contributed by atoms with Gasteiger partial charge < -0.3 is 3.07 Å². The van der Waals surface area contributed by atoms with Crippen molar-refractivity contribution in [3.05, 3.63) is 30.1 Å². The molecule has 0 saturated carbocycles. The highest BCUT2D eigenvalue weighted by Gasteiger charge is 2.02. The Labute approximate surface area is 101 Å². The molecule has 0 aliphatic carbocycles. The molecule has 15 heavy (non-hydrogen) atoms. The topological polar surface area (TPSA) is 60.8 Å². The number of hydrogen-bond acceptors (Lipinski definition) is 5. The fourth-order valence-corrected chi connectivity index (χ4v) is 1.34. The van der Waals surface area contributed by atoms with Crippen LogP contribution in [0.1, 0.15) is 5.82 Å². The molecule has 6 heteroatoms. The number of hydrogen-bond donors (Lipinski definition) is 0. The fraction of sp³-hybridized carbons (Fsp3) is 0.111. The first-order valence-corrected chi connectivity index (χ1v) is 5.11. The van der Waals surface area contributed by atoms with Crippen molar-refractivity contribution in [1.29, 1.82) is 0 Å². The summed E-state index contributed by atoms with van der Waals surface area (Å²) in [6.07, 6.45) is 0. The Balaban J connectivity index is 2.33. The summed E-state index contributed by atoms with van der Waals surface area (Å²) in [7, 11) is 0. The Hall–Kier alpha value is -1.31. The van der Waals surface area contributed by atoms with Gasteiger partial charge in [0.1, 0.15) is 5.75 Å². The Bertz CT molecular complexity index is 443. The molecule has 0 saturated heterocycles. The molecule has 0 bridgehead atoms. The lowest BCUT2D eigenvalue weighted by molar-refractivity contribution is 0.717. The molecule has 0 aliphatic heterocycles. The van der Waals surface area contributed by atoms with Gasteiger partial charge in [-0.3, -0.25) is 0 Å². The third-order valence-corrected chi connectivity index (χ3v) is 2.29. The van der Waals surface area contributed by atoms with Gasteiger partial charge in [-0.15, -0.1) is 20.4 Å². The third kappa shape index (κ3) is 2.38. The zero-order valence-corrected chi connectivity index (χ0v) is 10.0. The average molecular weight is 314 g/mol. The zero-order valence-electron chi connectivity index (χ0n) is 7.88. The summed E-state index contributed by atoms with van der Waals surface area (Å²) in [4.78, 5) is 0. The van der Waals surface area contributed by atoms with Crippen molar-refractivity contribution in [2.24, 2.45) is 0 Å². The first-order chi connectivity index (χ1) is 7.29. The van der Waals surface area contributed by atoms with Crippen LogP contribution in [0, 0.1) is 6.92 Å². The number of benzene rings is 1. The summed E-state index contributed by atoms with van der Waals surface area (Å²) in [5, 5.41) is 15.6. The molecule has 76 valence electrons. The van der Waals surface area contributed by atoms with Gasteiger partial charge in [-0.25, -0.2) is 0 Å². The summed E-state index contributed by atoms with van der Waals surface area (Å²) in [6.45, 7) is 1.75. The van der Waals surface area contributed by atoms with Gasteiger partial charge in [-0.05, 0) is 31.2 Å². The largest absolute Gasteiger partial charge is 0.428 e. The SMILES string of the molecule is Cc1nnc(-c2ccc(OI)cc2)nn1. The summed E-state index contributed by atoms with van der Waals surface area (Å²) in [5.41, 5.74) is 0.868. The molecule has 0 spiro atoms. The Morgan fingerprint density at radius 2 is 1.60 bits per heavy atom. The van der Waals surface area contributed by atoms with Crippen LogP contribution in [-0.2, 0) is 0 Å². The predicted molar refractivity (Wildman–Crippen MR) is 62.4 cm³/mol. The van der Waals surface area contributed by atoms with Gasteiger partial charge in [0.05, 0.1) is 0 Å². The minimum absolute atomic E-state index is 0.514. The van der Waals surface area contributed by atoms with E-state index in [0.29, 0.717) is 11.6 Å². The van der Waals surface area contributed by atoms with Gasteiger partial charge in [0, 0.05) is 5.56 Å². The first-order valence-electron chi connectivity index (χ1n) is 4.22. The van der Waals surface area contributed by atoms with E-state index in [1.807, 2.05) is 47.3 Å². The van der Waals surface area contributed by atoms with E-state index in [0.717, 1.165) is 11.3 Å². The van der Waals surface area contributed by atoms with Crippen LogP contribution >= 0.6 is 23.0 Å². The maximum atomic E-state index is 5.02. The minimum atomic E-state index is 0.514. The Morgan fingerprint density at radius 3 is 2.13 bits per heavy atom. The monoisotopic (exact) mass is 314 g/mol. The van der Waals surface area contributed by atoms with E-state index in [9.17, 15) is 0 Å². The van der Waals surface area contributed by atoms with Gasteiger partial charge in [0.2, 0.25) is 5.82 Å². The second-order valence-electron chi connectivity index (χ2n) is 2.87. The Morgan fingerprint density at radius 1 is 1.00 bits per heavy atom. The molecule has 1 aromatic heterocycles. The number of aryl methyl sites for hydroxylation is 1. The van der Waals surface area contributed by atoms with E-state index in [1.54, 1.807) is 6.92 Å². The predicted octanol–water partition coefficient (Wildman–Crippen LogP) is 1.97. The van der Waals surface area contributed by atoms with Gasteiger partial charge >= 0.3 is 0 Å². The molecule has 2 rings (SSSR count). The summed E-state index contributed by atoms with van der Waals surface area (Å²) in [5.74, 6) is 1.86. The number of halogens is 1. The van der Waals surface area contributed by atoms with E-state index in [2.05, 4.69) is 20.4 Å². The molecule has 0 amide bonds. The molecule has 2 aromatic rings. The highest BCUT2D eigenvalue weighted by molar-refractivity contribution is 14.1. The van der Waals surface area contributed by atoms with E-state index >= 15 is 0 Å². The van der Waals surface area contributed by atoms with Gasteiger partial charge in [-0.1, -0.05) is 0 Å². The van der Waals surface area contributed by atoms with E-state index in [4.69, 9.17) is 3.07 Å². The second-order valence-corrected chi connectivity index (χ2v) is 3.31. The van der Waals surface area contributed by atoms with Crippen LogP contribution < -0.4 is 3.07 Å². The third-order valence-electron chi connectivity index (χ3n) is 1.78. The smallest absolute Gasteiger partial charge is 0.203 e. The lowest BCUT2D eigenvalue weighted by Crippen LogP contribution is -1.98. The first kappa shape index (κ1) is 10.2. The summed E-state index contributed by atoms with van der Waals surface area (Å²) >= 11 is 1.83. The summed E-state index contributed by atoms with van der Waals surface area (Å²) in [6, 6.07) is 7.40. The van der Waals surface area contributed by atoms with Crippen LogP contribution in [0.25, 0.3) is 11.4 Å². The highest BCUT2D eigenvalue weighted by Crippen LogP contribution is 2.19. The molecule has 5 nitrogen and oxygen atoms in total. The maximum absolute atomic E-state index is 5.02. The van der Waals surface area contributed by atoms with Crippen molar-refractivity contribution in [3.63, 3.8) is 0 Å². The molecule has 1 aromatic carbocycles.